The maximum atomic E-state index is 14.6. The van der Waals surface area contributed by atoms with Crippen LogP contribution in [0.5, 0.6) is 0 Å². The summed E-state index contributed by atoms with van der Waals surface area (Å²) in [5, 5.41) is 0. The lowest BCUT2D eigenvalue weighted by Crippen LogP contribution is -2.58. The number of anilines is 1. The van der Waals surface area contributed by atoms with Crippen LogP contribution in [0.15, 0.2) is 18.2 Å². The molecule has 6 aliphatic rings. The third-order valence-electron chi connectivity index (χ3n) is 11.8. The Morgan fingerprint density at radius 1 is 0.929 bits per heavy atom. The molecule has 2 amide bonds. The van der Waals surface area contributed by atoms with Crippen LogP contribution in [0.25, 0.3) is 0 Å². The van der Waals surface area contributed by atoms with Crippen LogP contribution in [0.3, 0.4) is 0 Å². The monoisotopic (exact) mass is 577 g/mol. The number of hydrogen-bond donors (Lipinski definition) is 0. The Labute approximate surface area is 251 Å². The van der Waals surface area contributed by atoms with Crippen molar-refractivity contribution in [3.63, 3.8) is 0 Å². The second-order valence-corrected chi connectivity index (χ2v) is 15.7. The predicted octanol–water partition coefficient (Wildman–Crippen LogP) is 3.49. The fraction of sp³-hybridized carbons (Fsp3) is 0.758. The molecule has 5 aliphatic heterocycles. The van der Waals surface area contributed by atoms with E-state index in [0.29, 0.717) is 50.6 Å². The molecule has 1 saturated carbocycles. The van der Waals surface area contributed by atoms with Crippen molar-refractivity contribution in [2.75, 3.05) is 44.3 Å². The molecule has 9 heteroatoms. The van der Waals surface area contributed by atoms with E-state index in [4.69, 9.17) is 14.0 Å². The number of benzene rings is 1. The molecule has 0 unspecified atom stereocenters. The van der Waals surface area contributed by atoms with Crippen LogP contribution in [-0.2, 0) is 29.0 Å². The van der Waals surface area contributed by atoms with Crippen LogP contribution >= 0.6 is 0 Å². The van der Waals surface area contributed by atoms with Crippen molar-refractivity contribution < 1.29 is 23.6 Å². The Balaban J connectivity index is 1.16. The maximum Gasteiger partial charge on any atom is 0.494 e. The molecule has 228 valence electrons. The number of nitrogens with zero attached hydrogens (tertiary/aromatic N) is 3. The molecular formula is C33H48BN3O5. The molecule has 0 bridgehead atoms. The minimum atomic E-state index is -0.576. The largest absolute Gasteiger partial charge is 0.494 e. The van der Waals surface area contributed by atoms with Gasteiger partial charge in [-0.1, -0.05) is 26.0 Å². The minimum absolute atomic E-state index is 0.0351. The van der Waals surface area contributed by atoms with E-state index in [1.54, 1.807) is 0 Å². The molecule has 0 N–H and O–H groups in total. The van der Waals surface area contributed by atoms with E-state index in [0.717, 1.165) is 49.1 Å². The van der Waals surface area contributed by atoms with E-state index < -0.39 is 23.7 Å². The van der Waals surface area contributed by atoms with Crippen molar-refractivity contribution in [1.82, 2.24) is 9.80 Å². The highest BCUT2D eigenvalue weighted by molar-refractivity contribution is 6.62. The molecule has 42 heavy (non-hydrogen) atoms. The van der Waals surface area contributed by atoms with Crippen LogP contribution < -0.4 is 10.4 Å². The fourth-order valence-electron chi connectivity index (χ4n) is 8.21. The number of likely N-dealkylation sites (tertiary alicyclic amines) is 2. The van der Waals surface area contributed by atoms with Crippen LogP contribution in [0.2, 0.25) is 0 Å². The Morgan fingerprint density at radius 3 is 2.21 bits per heavy atom. The Kier molecular flexibility index (Phi) is 6.71. The van der Waals surface area contributed by atoms with Crippen molar-refractivity contribution in [2.45, 2.75) is 109 Å². The molecule has 1 aliphatic carbocycles. The van der Waals surface area contributed by atoms with E-state index in [1.807, 2.05) is 4.90 Å². The molecule has 8 nitrogen and oxygen atoms in total. The van der Waals surface area contributed by atoms with Gasteiger partial charge in [0.2, 0.25) is 11.8 Å². The van der Waals surface area contributed by atoms with Crippen molar-refractivity contribution in [2.24, 2.45) is 11.3 Å². The number of ether oxygens (including phenoxy) is 1. The first kappa shape index (κ1) is 28.8. The smallest absolute Gasteiger partial charge is 0.399 e. The third kappa shape index (κ3) is 4.48. The molecule has 1 aromatic rings. The average Bonchev–Trinajstić information content (AvgIpc) is 3.66. The second-order valence-electron chi connectivity index (χ2n) is 15.7. The first-order chi connectivity index (χ1) is 19.8. The van der Waals surface area contributed by atoms with Gasteiger partial charge in [0.25, 0.3) is 0 Å². The number of hydrogen-bond acceptors (Lipinski definition) is 6. The zero-order chi connectivity index (χ0) is 29.7. The number of carbonyl (C=O) groups is 2. The number of fused-ring (bicyclic) bond motifs is 2. The lowest BCUT2D eigenvalue weighted by molar-refractivity contribution is -0.139. The number of piperidine rings is 1. The molecular weight excluding hydrogens is 529 g/mol. The fourth-order valence-corrected chi connectivity index (χ4v) is 8.21. The van der Waals surface area contributed by atoms with Crippen molar-refractivity contribution >= 4 is 30.1 Å². The highest BCUT2D eigenvalue weighted by Crippen LogP contribution is 2.51. The summed E-state index contributed by atoms with van der Waals surface area (Å²) >= 11 is 0. The van der Waals surface area contributed by atoms with Gasteiger partial charge in [0.15, 0.2) is 0 Å². The van der Waals surface area contributed by atoms with Crippen LogP contribution in [0.1, 0.15) is 85.6 Å². The lowest BCUT2D eigenvalue weighted by Gasteiger charge is -2.46. The van der Waals surface area contributed by atoms with Gasteiger partial charge in [-0.05, 0) is 95.3 Å². The van der Waals surface area contributed by atoms with Crippen molar-refractivity contribution in [3.8, 4) is 0 Å². The summed E-state index contributed by atoms with van der Waals surface area (Å²) in [5.74, 6) is 0.383. The normalized spacial score (nSPS) is 33.0. The molecule has 1 atom stereocenters. The summed E-state index contributed by atoms with van der Waals surface area (Å²) in [5.41, 5.74) is 2.06. The van der Waals surface area contributed by atoms with Gasteiger partial charge in [0.1, 0.15) is 0 Å². The molecule has 1 spiro atoms. The van der Waals surface area contributed by atoms with E-state index in [1.165, 1.54) is 6.42 Å². The van der Waals surface area contributed by atoms with E-state index in [-0.39, 0.29) is 23.8 Å². The van der Waals surface area contributed by atoms with Gasteiger partial charge in [-0.15, -0.1) is 0 Å². The zero-order valence-corrected chi connectivity index (χ0v) is 26.4. The summed E-state index contributed by atoms with van der Waals surface area (Å²) in [7, 11) is -0.470. The lowest BCUT2D eigenvalue weighted by atomic mass is 9.71. The molecule has 5 fully saturated rings. The van der Waals surface area contributed by atoms with Gasteiger partial charge < -0.3 is 23.8 Å². The number of rotatable bonds is 4. The summed E-state index contributed by atoms with van der Waals surface area (Å²) in [6, 6.07) is 7.18. The van der Waals surface area contributed by atoms with Crippen molar-refractivity contribution in [3.05, 3.63) is 23.8 Å². The highest BCUT2D eigenvalue weighted by atomic mass is 16.7. The Morgan fingerprint density at radius 2 is 1.62 bits per heavy atom. The zero-order valence-electron chi connectivity index (χ0n) is 26.4. The SMILES string of the molecule is CC1(C)CCN([C@H]2C[C@@H](N3C(=O)C4(CCN(C(=O)[C@@H]5CCOC5)CC4)c4ccc(B5OC(C)(C)C(C)(C)O5)cc43)C2)C1. The van der Waals surface area contributed by atoms with E-state index in [9.17, 15) is 9.59 Å². The number of carbonyl (C=O) groups excluding carboxylic acids is 2. The molecule has 5 heterocycles. The van der Waals surface area contributed by atoms with Gasteiger partial charge in [0.05, 0.1) is 29.1 Å². The van der Waals surface area contributed by atoms with Gasteiger partial charge in [-0.25, -0.2) is 0 Å². The maximum absolute atomic E-state index is 14.6. The quantitative estimate of drug-likeness (QED) is 0.511. The molecule has 4 saturated heterocycles. The predicted molar refractivity (Wildman–Crippen MR) is 163 cm³/mol. The molecule has 0 radical (unpaired) electrons. The Bertz CT molecular complexity index is 1240. The van der Waals surface area contributed by atoms with E-state index >= 15 is 0 Å². The second kappa shape index (κ2) is 9.78. The first-order valence-electron chi connectivity index (χ1n) is 16.2. The van der Waals surface area contributed by atoms with Crippen LogP contribution in [-0.4, -0.2) is 91.4 Å². The standard InChI is InChI=1S/C33H48BN3O5/c1-30(2)10-13-36(21-30)24-18-25(19-24)37-27-17-23(34-41-31(3,4)32(5,6)42-34)7-8-26(27)33(29(37)39)11-14-35(15-12-33)28(38)22-9-16-40-20-22/h7-8,17,22,24-25H,9-16,18-21H2,1-6H3/t22-,24-,25+/m1/s1. The minimum Gasteiger partial charge on any atom is -0.399 e. The van der Waals surface area contributed by atoms with Crippen LogP contribution in [0.4, 0.5) is 5.69 Å². The van der Waals surface area contributed by atoms with E-state index in [2.05, 4.69) is 69.5 Å². The summed E-state index contributed by atoms with van der Waals surface area (Å²) in [6.07, 6.45) is 5.41. The van der Waals surface area contributed by atoms with Gasteiger partial charge >= 0.3 is 7.12 Å². The number of amides is 2. The van der Waals surface area contributed by atoms with Crippen LogP contribution in [0, 0.1) is 11.3 Å². The van der Waals surface area contributed by atoms with Gasteiger partial charge in [-0.2, -0.15) is 0 Å². The average molecular weight is 578 g/mol. The third-order valence-corrected chi connectivity index (χ3v) is 11.8. The van der Waals surface area contributed by atoms with Crippen molar-refractivity contribution in [1.29, 1.82) is 0 Å². The van der Waals surface area contributed by atoms with Gasteiger partial charge in [0, 0.05) is 44.0 Å². The first-order valence-corrected chi connectivity index (χ1v) is 16.2. The summed E-state index contributed by atoms with van der Waals surface area (Å²) in [6.45, 7) is 17.7. The summed E-state index contributed by atoms with van der Waals surface area (Å²) in [4.78, 5) is 34.6. The topological polar surface area (TPSA) is 71.6 Å². The molecule has 0 aromatic heterocycles. The molecule has 1 aromatic carbocycles. The van der Waals surface area contributed by atoms with Gasteiger partial charge in [-0.3, -0.25) is 14.5 Å². The Hall–Kier alpha value is -1.94. The summed E-state index contributed by atoms with van der Waals surface area (Å²) < 4.78 is 18.3. The molecule has 7 rings (SSSR count). The highest BCUT2D eigenvalue weighted by Gasteiger charge is 2.57.